The lowest BCUT2D eigenvalue weighted by Crippen LogP contribution is -2.15. The van der Waals surface area contributed by atoms with E-state index in [1.54, 1.807) is 32.4 Å². The molecule has 0 aliphatic carbocycles. The number of nitrogens with one attached hydrogen (secondary N) is 2. The van der Waals surface area contributed by atoms with Crippen LogP contribution in [0.4, 0.5) is 5.69 Å². The molecule has 5 heteroatoms. The molecule has 0 saturated carbocycles. The predicted molar refractivity (Wildman–Crippen MR) is 78.4 cm³/mol. The molecule has 0 aromatic heterocycles. The summed E-state index contributed by atoms with van der Waals surface area (Å²) in [5.41, 5.74) is 0.654. The monoisotopic (exact) mass is 278 g/mol. The zero-order valence-corrected chi connectivity index (χ0v) is 12.1. The van der Waals surface area contributed by atoms with Gasteiger partial charge in [0.1, 0.15) is 11.5 Å². The highest BCUT2D eigenvalue weighted by molar-refractivity contribution is 5.92. The summed E-state index contributed by atoms with van der Waals surface area (Å²) in [6, 6.07) is 5.36. The van der Waals surface area contributed by atoms with Gasteiger partial charge in [-0.1, -0.05) is 0 Å². The van der Waals surface area contributed by atoms with Crippen molar-refractivity contribution in [1.82, 2.24) is 5.32 Å². The summed E-state index contributed by atoms with van der Waals surface area (Å²) < 4.78 is 10.4. The molecule has 2 rings (SSSR count). The lowest BCUT2D eigenvalue weighted by atomic mass is 10.0. The normalized spacial score (nSPS) is 17.8. The van der Waals surface area contributed by atoms with Crippen LogP contribution >= 0.6 is 0 Å². The van der Waals surface area contributed by atoms with Crippen molar-refractivity contribution in [3.8, 4) is 11.5 Å². The Morgan fingerprint density at radius 3 is 2.90 bits per heavy atom. The Morgan fingerprint density at radius 2 is 2.25 bits per heavy atom. The second-order valence-corrected chi connectivity index (χ2v) is 5.01. The Bertz CT molecular complexity index is 456. The average Bonchev–Trinajstić information content (AvgIpc) is 2.98. The van der Waals surface area contributed by atoms with Gasteiger partial charge in [-0.15, -0.1) is 0 Å². The standard InChI is InChI=1S/C15H22N2O3/c1-19-12-4-5-14(20-2)13(9-12)17-15(18)6-3-11-7-8-16-10-11/h4-5,9,11,16H,3,6-8,10H2,1-2H3,(H,17,18). The first kappa shape index (κ1) is 14.7. The van der Waals surface area contributed by atoms with Crippen molar-refractivity contribution in [3.63, 3.8) is 0 Å². The van der Waals surface area contributed by atoms with Gasteiger partial charge >= 0.3 is 0 Å². The van der Waals surface area contributed by atoms with Crippen LogP contribution in [0.15, 0.2) is 18.2 Å². The van der Waals surface area contributed by atoms with Crippen molar-refractivity contribution in [2.75, 3.05) is 32.6 Å². The second-order valence-electron chi connectivity index (χ2n) is 5.01. The zero-order valence-electron chi connectivity index (χ0n) is 12.1. The molecule has 1 aromatic rings. The van der Waals surface area contributed by atoms with Crippen LogP contribution in [0.2, 0.25) is 0 Å². The Balaban J connectivity index is 1.91. The average molecular weight is 278 g/mol. The van der Waals surface area contributed by atoms with Crippen LogP contribution in [0.3, 0.4) is 0 Å². The highest BCUT2D eigenvalue weighted by Gasteiger charge is 2.16. The zero-order chi connectivity index (χ0) is 14.4. The lowest BCUT2D eigenvalue weighted by Gasteiger charge is -2.12. The minimum absolute atomic E-state index is 0.0171. The Labute approximate surface area is 119 Å². The minimum Gasteiger partial charge on any atom is -0.497 e. The van der Waals surface area contributed by atoms with Gasteiger partial charge in [0.05, 0.1) is 19.9 Å². The number of benzene rings is 1. The van der Waals surface area contributed by atoms with Crippen molar-refractivity contribution in [2.45, 2.75) is 19.3 Å². The molecule has 1 fully saturated rings. The lowest BCUT2D eigenvalue weighted by molar-refractivity contribution is -0.116. The molecule has 1 saturated heterocycles. The summed E-state index contributed by atoms with van der Waals surface area (Å²) in [5, 5.41) is 6.21. The van der Waals surface area contributed by atoms with Gasteiger partial charge in [0.15, 0.2) is 0 Å². The molecule has 2 N–H and O–H groups in total. The van der Waals surface area contributed by atoms with Gasteiger partial charge in [0.25, 0.3) is 0 Å². The topological polar surface area (TPSA) is 59.6 Å². The number of anilines is 1. The van der Waals surface area contributed by atoms with Gasteiger partial charge in [-0.25, -0.2) is 0 Å². The molecule has 1 heterocycles. The van der Waals surface area contributed by atoms with Crippen molar-refractivity contribution in [1.29, 1.82) is 0 Å². The molecule has 5 nitrogen and oxygen atoms in total. The summed E-state index contributed by atoms with van der Waals surface area (Å²) in [4.78, 5) is 12.0. The molecule has 0 radical (unpaired) electrons. The largest absolute Gasteiger partial charge is 0.497 e. The third-order valence-electron chi connectivity index (χ3n) is 3.62. The first-order chi connectivity index (χ1) is 9.72. The van der Waals surface area contributed by atoms with E-state index < -0.39 is 0 Å². The Hall–Kier alpha value is -1.75. The number of carbonyl (C=O) groups is 1. The van der Waals surface area contributed by atoms with Crippen LogP contribution < -0.4 is 20.1 Å². The molecule has 0 spiro atoms. The van der Waals surface area contributed by atoms with Crippen LogP contribution in [-0.2, 0) is 4.79 Å². The number of carbonyl (C=O) groups excluding carboxylic acids is 1. The maximum absolute atomic E-state index is 12.0. The first-order valence-corrected chi connectivity index (χ1v) is 6.95. The number of hydrogen-bond acceptors (Lipinski definition) is 4. The number of methoxy groups -OCH3 is 2. The van der Waals surface area contributed by atoms with E-state index in [0.717, 1.165) is 25.9 Å². The second kappa shape index (κ2) is 7.14. The first-order valence-electron chi connectivity index (χ1n) is 6.95. The van der Waals surface area contributed by atoms with E-state index in [4.69, 9.17) is 9.47 Å². The van der Waals surface area contributed by atoms with Gasteiger partial charge in [0.2, 0.25) is 5.91 Å². The van der Waals surface area contributed by atoms with Gasteiger partial charge in [0, 0.05) is 12.5 Å². The van der Waals surface area contributed by atoms with Gasteiger partial charge in [-0.2, -0.15) is 0 Å². The van der Waals surface area contributed by atoms with Crippen LogP contribution in [0.25, 0.3) is 0 Å². The Kier molecular flexibility index (Phi) is 5.24. The van der Waals surface area contributed by atoms with Crippen LogP contribution in [0.1, 0.15) is 19.3 Å². The fourth-order valence-corrected chi connectivity index (χ4v) is 2.42. The molecular formula is C15H22N2O3. The molecule has 20 heavy (non-hydrogen) atoms. The molecule has 1 atom stereocenters. The summed E-state index contributed by atoms with van der Waals surface area (Å²) in [6.07, 6.45) is 2.62. The molecule has 110 valence electrons. The summed E-state index contributed by atoms with van der Waals surface area (Å²) in [5.74, 6) is 1.97. The number of ether oxygens (including phenoxy) is 2. The van der Waals surface area contributed by atoms with Crippen molar-refractivity contribution < 1.29 is 14.3 Å². The molecule has 1 aromatic carbocycles. The molecule has 1 unspecified atom stereocenters. The highest BCUT2D eigenvalue weighted by atomic mass is 16.5. The maximum atomic E-state index is 12.0. The van der Waals surface area contributed by atoms with Gasteiger partial charge < -0.3 is 20.1 Å². The smallest absolute Gasteiger partial charge is 0.224 e. The summed E-state index contributed by atoms with van der Waals surface area (Å²) >= 11 is 0. The fraction of sp³-hybridized carbons (Fsp3) is 0.533. The molecular weight excluding hydrogens is 256 g/mol. The van der Waals surface area contributed by atoms with Crippen LogP contribution in [0, 0.1) is 5.92 Å². The molecule has 1 amide bonds. The highest BCUT2D eigenvalue weighted by Crippen LogP contribution is 2.29. The van der Waals surface area contributed by atoms with Crippen molar-refractivity contribution >= 4 is 11.6 Å². The SMILES string of the molecule is COc1ccc(OC)c(NC(=O)CCC2CCNC2)c1. The Morgan fingerprint density at radius 1 is 1.40 bits per heavy atom. The fourth-order valence-electron chi connectivity index (χ4n) is 2.42. The third-order valence-corrected chi connectivity index (χ3v) is 3.62. The van der Waals surface area contributed by atoms with E-state index in [2.05, 4.69) is 10.6 Å². The van der Waals surface area contributed by atoms with E-state index in [1.807, 2.05) is 0 Å². The minimum atomic E-state index is 0.0171. The van der Waals surface area contributed by atoms with Gasteiger partial charge in [-0.05, 0) is 44.0 Å². The van der Waals surface area contributed by atoms with E-state index in [-0.39, 0.29) is 5.91 Å². The number of hydrogen-bond donors (Lipinski definition) is 2. The quantitative estimate of drug-likeness (QED) is 0.836. The van der Waals surface area contributed by atoms with E-state index in [0.29, 0.717) is 29.5 Å². The molecule has 0 bridgehead atoms. The summed E-state index contributed by atoms with van der Waals surface area (Å²) in [6.45, 7) is 2.09. The van der Waals surface area contributed by atoms with Crippen molar-refractivity contribution in [2.24, 2.45) is 5.92 Å². The van der Waals surface area contributed by atoms with Crippen LogP contribution in [-0.4, -0.2) is 33.2 Å². The number of amides is 1. The van der Waals surface area contributed by atoms with Gasteiger partial charge in [-0.3, -0.25) is 4.79 Å². The van der Waals surface area contributed by atoms with E-state index in [1.165, 1.54) is 0 Å². The molecule has 1 aliphatic heterocycles. The predicted octanol–water partition coefficient (Wildman–Crippen LogP) is 2.03. The van der Waals surface area contributed by atoms with E-state index in [9.17, 15) is 4.79 Å². The van der Waals surface area contributed by atoms with E-state index >= 15 is 0 Å². The summed E-state index contributed by atoms with van der Waals surface area (Å²) in [7, 11) is 3.18. The molecule has 1 aliphatic rings. The number of rotatable bonds is 6. The third kappa shape index (κ3) is 3.87. The van der Waals surface area contributed by atoms with Crippen molar-refractivity contribution in [3.05, 3.63) is 18.2 Å². The van der Waals surface area contributed by atoms with Crippen LogP contribution in [0.5, 0.6) is 11.5 Å². The maximum Gasteiger partial charge on any atom is 0.224 e.